The van der Waals surface area contributed by atoms with Gasteiger partial charge in [-0.05, 0) is 65.2 Å². The molecule has 0 aliphatic carbocycles. The van der Waals surface area contributed by atoms with Crippen LogP contribution in [0.4, 0.5) is 17.6 Å². The lowest BCUT2D eigenvalue weighted by molar-refractivity contribution is 0.248. The molecule has 0 atom stereocenters. The summed E-state index contributed by atoms with van der Waals surface area (Å²) in [6, 6.07) is 52.7. The Morgan fingerprint density at radius 3 is 1.22 bits per heavy atom. The van der Waals surface area contributed by atoms with Gasteiger partial charge in [0, 0.05) is 73.5 Å². The van der Waals surface area contributed by atoms with Crippen molar-refractivity contribution in [3.05, 3.63) is 204 Å². The van der Waals surface area contributed by atoms with Crippen LogP contribution in [0.25, 0.3) is 33.4 Å². The van der Waals surface area contributed by atoms with Gasteiger partial charge in [0.25, 0.3) is 11.1 Å². The van der Waals surface area contributed by atoms with Crippen LogP contribution in [0.2, 0.25) is 0 Å². The maximum absolute atomic E-state index is 13.5. The molecule has 2 aliphatic heterocycles. The zero-order chi connectivity index (χ0) is 46.8. The van der Waals surface area contributed by atoms with Crippen LogP contribution in [0.1, 0.15) is 16.7 Å². The molecule has 14 nitrogen and oxygen atoms in total. The quantitative estimate of drug-likeness (QED) is 0.140. The Labute approximate surface area is 414 Å². The Hall–Kier alpha value is -7.14. The second-order valence-electron chi connectivity index (χ2n) is 17.4. The lowest BCUT2D eigenvalue weighted by atomic mass is 10.2. The van der Waals surface area contributed by atoms with Crippen molar-refractivity contribution in [2.75, 3.05) is 67.1 Å². The van der Waals surface area contributed by atoms with Gasteiger partial charge >= 0.3 is 0 Å². The Balaban J connectivity index is 0.000000151. The summed E-state index contributed by atoms with van der Waals surface area (Å²) in [5, 5.41) is 19.5. The molecule has 6 aromatic carbocycles. The molecule has 6 heterocycles. The first-order chi connectivity index (χ1) is 33.9. The van der Waals surface area contributed by atoms with E-state index in [0.29, 0.717) is 35.4 Å². The average molecular weight is 1040 g/mol. The van der Waals surface area contributed by atoms with Crippen molar-refractivity contribution < 1.29 is 0 Å². The second kappa shape index (κ2) is 19.5. The van der Waals surface area contributed by atoms with Crippen molar-refractivity contribution in [1.29, 1.82) is 0 Å². The van der Waals surface area contributed by atoms with Gasteiger partial charge in [0.15, 0.2) is 0 Å². The van der Waals surface area contributed by atoms with Gasteiger partial charge in [-0.25, -0.2) is 8.80 Å². The number of nitrogens with zero attached hydrogens (tertiary/aromatic N) is 12. The third-order valence-electron chi connectivity index (χ3n) is 13.0. The minimum Gasteiger partial charge on any atom is -0.368 e. The molecule has 69 heavy (non-hydrogen) atoms. The number of para-hydroxylation sites is 1. The number of rotatable bonds is 9. The largest absolute Gasteiger partial charge is 0.368 e. The summed E-state index contributed by atoms with van der Waals surface area (Å²) >= 11 is 7.07. The number of hydrogen-bond acceptors (Lipinski definition) is 10. The van der Waals surface area contributed by atoms with Gasteiger partial charge in [0.1, 0.15) is 0 Å². The average Bonchev–Trinajstić information content (AvgIpc) is 4.04. The molecule has 12 rings (SSSR count). The van der Waals surface area contributed by atoms with E-state index in [1.807, 2.05) is 112 Å². The lowest BCUT2D eigenvalue weighted by Crippen LogP contribution is -2.47. The summed E-state index contributed by atoms with van der Waals surface area (Å²) in [4.78, 5) is 36.5. The summed E-state index contributed by atoms with van der Waals surface area (Å²) in [5.74, 6) is 2.69. The molecule has 2 saturated heterocycles. The molecule has 0 amide bonds. The van der Waals surface area contributed by atoms with E-state index in [9.17, 15) is 9.59 Å². The third-order valence-corrected chi connectivity index (χ3v) is 14.0. The van der Waals surface area contributed by atoms with Gasteiger partial charge in [-0.3, -0.25) is 23.6 Å². The van der Waals surface area contributed by atoms with E-state index >= 15 is 0 Å². The predicted octanol–water partition coefficient (Wildman–Crippen LogP) is 8.36. The first-order valence-corrected chi connectivity index (χ1v) is 24.7. The summed E-state index contributed by atoms with van der Waals surface area (Å²) in [5.41, 5.74) is 6.16. The van der Waals surface area contributed by atoms with Crippen LogP contribution in [0.5, 0.6) is 0 Å². The van der Waals surface area contributed by atoms with E-state index in [1.54, 1.807) is 9.13 Å². The predicted molar refractivity (Wildman–Crippen MR) is 281 cm³/mol. The van der Waals surface area contributed by atoms with Crippen LogP contribution < -0.4 is 25.8 Å². The fourth-order valence-electron chi connectivity index (χ4n) is 9.52. The normalized spacial score (nSPS) is 14.5. The van der Waals surface area contributed by atoms with Crippen molar-refractivity contribution in [3.63, 3.8) is 0 Å². The Morgan fingerprint density at radius 2 is 0.783 bits per heavy atom. The van der Waals surface area contributed by atoms with E-state index < -0.39 is 0 Å². The van der Waals surface area contributed by atoms with Crippen LogP contribution in [0.15, 0.2) is 176 Å². The number of aromatic nitrogens is 8. The molecule has 0 bridgehead atoms. The number of benzene rings is 6. The first-order valence-electron chi connectivity index (χ1n) is 23.1. The monoisotopic (exact) mass is 1040 g/mol. The highest BCUT2D eigenvalue weighted by molar-refractivity contribution is 9.10. The van der Waals surface area contributed by atoms with Crippen LogP contribution in [-0.2, 0) is 19.6 Å². The number of anilines is 3. The van der Waals surface area contributed by atoms with Crippen molar-refractivity contribution >= 4 is 82.8 Å². The van der Waals surface area contributed by atoms with Crippen LogP contribution in [-0.4, -0.2) is 95.6 Å². The van der Waals surface area contributed by atoms with Crippen molar-refractivity contribution in [2.45, 2.75) is 19.6 Å². The van der Waals surface area contributed by atoms with Crippen LogP contribution >= 0.6 is 31.9 Å². The zero-order valence-electron chi connectivity index (χ0n) is 37.7. The summed E-state index contributed by atoms with van der Waals surface area (Å²) in [6.45, 7) is 8.85. The fourth-order valence-corrected chi connectivity index (χ4v) is 10.2. The minimum absolute atomic E-state index is 0.0655. The highest BCUT2D eigenvalue weighted by Gasteiger charge is 2.26. The van der Waals surface area contributed by atoms with E-state index in [2.05, 4.69) is 126 Å². The van der Waals surface area contributed by atoms with Gasteiger partial charge in [-0.1, -0.05) is 141 Å². The Kier molecular flexibility index (Phi) is 12.5. The second-order valence-corrected chi connectivity index (χ2v) is 19.2. The van der Waals surface area contributed by atoms with E-state index in [4.69, 9.17) is 0 Å². The molecular weight excluding hydrogens is 996 g/mol. The molecule has 2 aliphatic rings. The summed E-state index contributed by atoms with van der Waals surface area (Å²) in [6.07, 6.45) is 0. The number of hydrogen-bond donors (Lipinski definition) is 0. The van der Waals surface area contributed by atoms with Crippen molar-refractivity contribution in [1.82, 2.24) is 43.2 Å². The van der Waals surface area contributed by atoms with Crippen molar-refractivity contribution in [3.8, 4) is 0 Å². The highest BCUT2D eigenvalue weighted by Crippen LogP contribution is 2.27. The fraction of sp³-hybridized carbons (Fsp3) is 0.208. The zero-order valence-corrected chi connectivity index (χ0v) is 40.9. The topological polar surface area (TPSA) is 117 Å². The lowest BCUT2D eigenvalue weighted by Gasteiger charge is -2.36. The van der Waals surface area contributed by atoms with Gasteiger partial charge < -0.3 is 14.7 Å². The molecule has 346 valence electrons. The Morgan fingerprint density at radius 1 is 0.406 bits per heavy atom. The molecule has 0 saturated carbocycles. The maximum atomic E-state index is 13.5. The van der Waals surface area contributed by atoms with Crippen LogP contribution in [0, 0.1) is 0 Å². The van der Waals surface area contributed by atoms with E-state index in [0.717, 1.165) is 102 Å². The van der Waals surface area contributed by atoms with E-state index in [-0.39, 0.29) is 11.1 Å². The SMILES string of the molecule is O=c1c2cc(Br)ccc2n2c(N3CCN(Cc4ccccc4)CC3)nnc2n1Cc1ccccc1.O=c1c2cc(Br)ccc2n2c(N3CCN(c4ccccc4)CC3)nnc2n1Cc1ccccc1. The van der Waals surface area contributed by atoms with E-state index in [1.165, 1.54) is 11.3 Å². The molecule has 0 spiro atoms. The number of piperazine rings is 2. The first kappa shape index (κ1) is 44.4. The third kappa shape index (κ3) is 9.02. The molecule has 0 N–H and O–H groups in total. The standard InChI is InChI=1S/C27H25BrN6O.C26H23BrN6O/c28-22-11-12-24-23(17-22)25(35)33(19-21-9-5-2-6-10-21)27-30-29-26(34(24)27)32-15-13-31(14-16-32)18-20-7-3-1-4-8-20;27-20-11-12-23-22(17-20)24(34)32(18-19-7-3-1-4-8-19)26-29-28-25(33(23)26)31-15-13-30(14-16-31)21-9-5-2-6-10-21/h1-12,17H,13-16,18-19H2;1-12,17H,13-16,18H2. The summed E-state index contributed by atoms with van der Waals surface area (Å²) in [7, 11) is 0. The smallest absolute Gasteiger partial charge is 0.263 e. The molecule has 0 radical (unpaired) electrons. The Bertz CT molecular complexity index is 3530. The number of fused-ring (bicyclic) bond motifs is 6. The molecule has 16 heteroatoms. The van der Waals surface area contributed by atoms with Gasteiger partial charge in [-0.2, -0.15) is 0 Å². The number of halogens is 2. The van der Waals surface area contributed by atoms with Gasteiger partial charge in [0.05, 0.1) is 34.9 Å². The van der Waals surface area contributed by atoms with Gasteiger partial charge in [0.2, 0.25) is 23.5 Å². The molecule has 0 unspecified atom stereocenters. The maximum Gasteiger partial charge on any atom is 0.263 e. The highest BCUT2D eigenvalue weighted by atomic mass is 79.9. The molecule has 10 aromatic rings. The minimum atomic E-state index is -0.0690. The summed E-state index contributed by atoms with van der Waals surface area (Å²) < 4.78 is 9.27. The van der Waals surface area contributed by atoms with Gasteiger partial charge in [-0.15, -0.1) is 20.4 Å². The van der Waals surface area contributed by atoms with Crippen molar-refractivity contribution in [2.24, 2.45) is 0 Å². The molecule has 4 aromatic heterocycles. The molecular formula is C53H48Br2N12O2. The molecule has 2 fully saturated rings. The van der Waals surface area contributed by atoms with Crippen LogP contribution in [0.3, 0.4) is 0 Å².